The van der Waals surface area contributed by atoms with Crippen LogP contribution in [-0.4, -0.2) is 35.8 Å². The van der Waals surface area contributed by atoms with E-state index < -0.39 is 0 Å². The van der Waals surface area contributed by atoms with Gasteiger partial charge < -0.3 is 10.6 Å². The minimum atomic E-state index is -0.0388. The van der Waals surface area contributed by atoms with E-state index in [9.17, 15) is 4.79 Å². The Kier molecular flexibility index (Phi) is 4.69. The van der Waals surface area contributed by atoms with Crippen molar-refractivity contribution in [1.29, 1.82) is 0 Å². The van der Waals surface area contributed by atoms with Gasteiger partial charge in [0.2, 0.25) is 0 Å². The van der Waals surface area contributed by atoms with Gasteiger partial charge in [-0.1, -0.05) is 0 Å². The van der Waals surface area contributed by atoms with Crippen LogP contribution in [0.25, 0.3) is 5.69 Å². The Hall–Kier alpha value is -2.14. The predicted octanol–water partition coefficient (Wildman–Crippen LogP) is 1.21. The van der Waals surface area contributed by atoms with E-state index in [2.05, 4.69) is 15.7 Å². The van der Waals surface area contributed by atoms with Crippen LogP contribution in [0.2, 0.25) is 0 Å². The second-order valence-corrected chi connectivity index (χ2v) is 4.21. The third-order valence-corrected chi connectivity index (χ3v) is 2.79. The monoisotopic (exact) mass is 258 g/mol. The van der Waals surface area contributed by atoms with E-state index in [0.717, 1.165) is 18.7 Å². The summed E-state index contributed by atoms with van der Waals surface area (Å²) >= 11 is 0. The highest BCUT2D eigenvalue weighted by molar-refractivity contribution is 5.94. The quantitative estimate of drug-likeness (QED) is 0.766. The lowest BCUT2D eigenvalue weighted by atomic mass is 10.2. The van der Waals surface area contributed by atoms with Crippen molar-refractivity contribution in [3.63, 3.8) is 0 Å². The number of amides is 1. The van der Waals surface area contributed by atoms with Crippen LogP contribution in [0.3, 0.4) is 0 Å². The van der Waals surface area contributed by atoms with E-state index in [4.69, 9.17) is 0 Å². The summed E-state index contributed by atoms with van der Waals surface area (Å²) in [6.45, 7) is 1.58. The van der Waals surface area contributed by atoms with Crippen molar-refractivity contribution in [1.82, 2.24) is 20.4 Å². The van der Waals surface area contributed by atoms with E-state index in [0.29, 0.717) is 12.1 Å². The summed E-state index contributed by atoms with van der Waals surface area (Å²) in [5.41, 5.74) is 1.61. The van der Waals surface area contributed by atoms with Crippen molar-refractivity contribution >= 4 is 5.91 Å². The molecule has 0 saturated heterocycles. The number of rotatable bonds is 6. The molecule has 2 rings (SSSR count). The summed E-state index contributed by atoms with van der Waals surface area (Å²) in [6, 6.07) is 9.25. The highest BCUT2D eigenvalue weighted by atomic mass is 16.1. The molecule has 0 atom stereocenters. The molecule has 19 heavy (non-hydrogen) atoms. The number of carbonyl (C=O) groups excluding carboxylic acids is 1. The van der Waals surface area contributed by atoms with Gasteiger partial charge in [0.25, 0.3) is 5.91 Å². The average Bonchev–Trinajstić information content (AvgIpc) is 2.98. The lowest BCUT2D eigenvalue weighted by Crippen LogP contribution is -2.26. The molecule has 0 spiro atoms. The van der Waals surface area contributed by atoms with Crippen molar-refractivity contribution in [2.75, 3.05) is 20.1 Å². The Morgan fingerprint density at radius 1 is 1.26 bits per heavy atom. The van der Waals surface area contributed by atoms with Crippen molar-refractivity contribution in [2.45, 2.75) is 6.42 Å². The lowest BCUT2D eigenvalue weighted by Gasteiger charge is -2.06. The standard InChI is InChI=1S/C14H18N4O/c1-15-8-2-9-16-14(19)12-4-6-13(7-5-12)18-11-3-10-17-18/h3-7,10-11,15H,2,8-9H2,1H3,(H,16,19). The minimum Gasteiger partial charge on any atom is -0.352 e. The molecule has 1 amide bonds. The van der Waals surface area contributed by atoms with E-state index in [-0.39, 0.29) is 5.91 Å². The van der Waals surface area contributed by atoms with Crippen molar-refractivity contribution in [2.24, 2.45) is 0 Å². The van der Waals surface area contributed by atoms with Crippen LogP contribution in [0.1, 0.15) is 16.8 Å². The zero-order valence-corrected chi connectivity index (χ0v) is 11.0. The second-order valence-electron chi connectivity index (χ2n) is 4.21. The topological polar surface area (TPSA) is 58.9 Å². The number of benzene rings is 1. The van der Waals surface area contributed by atoms with Gasteiger partial charge in [-0.15, -0.1) is 0 Å². The van der Waals surface area contributed by atoms with Crippen molar-refractivity contribution in [3.8, 4) is 5.69 Å². The Labute approximate surface area is 112 Å². The van der Waals surface area contributed by atoms with Crippen molar-refractivity contribution in [3.05, 3.63) is 48.3 Å². The first-order chi connectivity index (χ1) is 9.31. The number of nitrogens with one attached hydrogen (secondary N) is 2. The molecular weight excluding hydrogens is 240 g/mol. The van der Waals surface area contributed by atoms with E-state index in [1.165, 1.54) is 0 Å². The fourth-order valence-electron chi connectivity index (χ4n) is 1.76. The van der Waals surface area contributed by atoms with Gasteiger partial charge >= 0.3 is 0 Å². The lowest BCUT2D eigenvalue weighted by molar-refractivity contribution is 0.0953. The number of hydrogen-bond acceptors (Lipinski definition) is 3. The minimum absolute atomic E-state index is 0.0388. The normalized spacial score (nSPS) is 10.4. The van der Waals surface area contributed by atoms with Gasteiger partial charge in [0.05, 0.1) is 5.69 Å². The zero-order valence-electron chi connectivity index (χ0n) is 11.0. The maximum absolute atomic E-state index is 11.9. The Bertz CT molecular complexity index is 505. The Balaban J connectivity index is 1.93. The van der Waals surface area contributed by atoms with Crippen LogP contribution >= 0.6 is 0 Å². The van der Waals surface area contributed by atoms with Gasteiger partial charge in [0, 0.05) is 24.5 Å². The molecule has 2 aromatic rings. The Morgan fingerprint density at radius 2 is 2.05 bits per heavy atom. The van der Waals surface area contributed by atoms with E-state index in [1.807, 2.05) is 43.6 Å². The number of aromatic nitrogens is 2. The molecule has 100 valence electrons. The second kappa shape index (κ2) is 6.70. The fraction of sp³-hybridized carbons (Fsp3) is 0.286. The summed E-state index contributed by atoms with van der Waals surface area (Å²) in [6.07, 6.45) is 4.52. The van der Waals surface area contributed by atoms with Crippen LogP contribution in [0.4, 0.5) is 0 Å². The molecule has 0 aliphatic heterocycles. The number of nitrogens with zero attached hydrogens (tertiary/aromatic N) is 2. The Morgan fingerprint density at radius 3 is 2.68 bits per heavy atom. The van der Waals surface area contributed by atoms with Gasteiger partial charge in [-0.3, -0.25) is 4.79 Å². The van der Waals surface area contributed by atoms with Crippen LogP contribution in [0.15, 0.2) is 42.7 Å². The summed E-state index contributed by atoms with van der Waals surface area (Å²) in [5, 5.41) is 10.1. The average molecular weight is 258 g/mol. The highest BCUT2D eigenvalue weighted by Gasteiger charge is 2.04. The molecule has 2 N–H and O–H groups in total. The largest absolute Gasteiger partial charge is 0.352 e. The van der Waals surface area contributed by atoms with Crippen molar-refractivity contribution < 1.29 is 4.79 Å². The molecule has 0 radical (unpaired) electrons. The van der Waals surface area contributed by atoms with Gasteiger partial charge in [-0.2, -0.15) is 5.10 Å². The van der Waals surface area contributed by atoms with Crippen LogP contribution in [-0.2, 0) is 0 Å². The third kappa shape index (κ3) is 3.66. The first kappa shape index (κ1) is 13.3. The molecule has 1 aromatic heterocycles. The molecule has 0 bridgehead atoms. The van der Waals surface area contributed by atoms with Gasteiger partial charge in [-0.25, -0.2) is 4.68 Å². The summed E-state index contributed by atoms with van der Waals surface area (Å²) < 4.78 is 1.76. The van der Waals surface area contributed by atoms with Gasteiger partial charge in [0.1, 0.15) is 0 Å². The van der Waals surface area contributed by atoms with E-state index in [1.54, 1.807) is 10.9 Å². The zero-order chi connectivity index (χ0) is 13.5. The van der Waals surface area contributed by atoms with E-state index >= 15 is 0 Å². The molecular formula is C14H18N4O. The summed E-state index contributed by atoms with van der Waals surface area (Å²) in [5.74, 6) is -0.0388. The van der Waals surface area contributed by atoms with Gasteiger partial charge in [0.15, 0.2) is 0 Å². The maximum atomic E-state index is 11.9. The molecule has 0 aliphatic carbocycles. The van der Waals surface area contributed by atoms with Crippen LogP contribution in [0, 0.1) is 0 Å². The predicted molar refractivity (Wildman–Crippen MR) is 74.4 cm³/mol. The summed E-state index contributed by atoms with van der Waals surface area (Å²) in [4.78, 5) is 11.9. The number of hydrogen-bond donors (Lipinski definition) is 2. The van der Waals surface area contributed by atoms with Gasteiger partial charge in [-0.05, 0) is 50.3 Å². The molecule has 1 heterocycles. The maximum Gasteiger partial charge on any atom is 0.251 e. The highest BCUT2D eigenvalue weighted by Crippen LogP contribution is 2.08. The molecule has 0 aliphatic rings. The molecule has 5 heteroatoms. The first-order valence-electron chi connectivity index (χ1n) is 6.34. The third-order valence-electron chi connectivity index (χ3n) is 2.79. The molecule has 5 nitrogen and oxygen atoms in total. The molecule has 0 fully saturated rings. The number of carbonyl (C=O) groups is 1. The smallest absolute Gasteiger partial charge is 0.251 e. The first-order valence-corrected chi connectivity index (χ1v) is 6.34. The SMILES string of the molecule is CNCCCNC(=O)c1ccc(-n2cccn2)cc1. The molecule has 1 aromatic carbocycles. The molecule has 0 saturated carbocycles. The van der Waals surface area contributed by atoms with Crippen LogP contribution < -0.4 is 10.6 Å². The summed E-state index contributed by atoms with van der Waals surface area (Å²) in [7, 11) is 1.90. The fourth-order valence-corrected chi connectivity index (χ4v) is 1.76. The molecule has 0 unspecified atom stereocenters. The van der Waals surface area contributed by atoms with Crippen LogP contribution in [0.5, 0.6) is 0 Å².